The van der Waals surface area contributed by atoms with Crippen molar-refractivity contribution in [1.82, 2.24) is 9.97 Å². The zero-order chi connectivity index (χ0) is 38.1. The van der Waals surface area contributed by atoms with Crippen molar-refractivity contribution in [3.8, 4) is 78.4 Å². The van der Waals surface area contributed by atoms with Crippen LogP contribution in [-0.2, 0) is 10.8 Å². The molecule has 3 aliphatic carbocycles. The third-order valence-corrected chi connectivity index (χ3v) is 13.3. The molecule has 0 unspecified atom stereocenters. The molecule has 0 saturated heterocycles. The summed E-state index contributed by atoms with van der Waals surface area (Å²) >= 11 is 0. The van der Waals surface area contributed by atoms with Crippen LogP contribution in [0.3, 0.4) is 0 Å². The van der Waals surface area contributed by atoms with Crippen LogP contribution in [0.5, 0.6) is 0 Å². The van der Waals surface area contributed by atoms with Gasteiger partial charge in [-0.1, -0.05) is 173 Å². The van der Waals surface area contributed by atoms with E-state index in [0.29, 0.717) is 0 Å². The number of fused-ring (bicyclic) bond motifs is 8. The molecular weight excluding hydrogens is 689 g/mol. The predicted octanol–water partition coefficient (Wildman–Crippen LogP) is 14.3. The number of hydrogen-bond donors (Lipinski definition) is 0. The van der Waals surface area contributed by atoms with Gasteiger partial charge in [0.15, 0.2) is 5.82 Å². The maximum Gasteiger partial charge on any atom is 0.160 e. The summed E-state index contributed by atoms with van der Waals surface area (Å²) in [5.74, 6) is 0.724. The van der Waals surface area contributed by atoms with Gasteiger partial charge in [-0.2, -0.15) is 0 Å². The fraction of sp³-hybridized carbons (Fsp3) is 0.164. The second kappa shape index (κ2) is 13.1. The first-order chi connectivity index (χ1) is 28.0. The van der Waals surface area contributed by atoms with Crippen LogP contribution in [0.2, 0.25) is 0 Å². The summed E-state index contributed by atoms with van der Waals surface area (Å²) in [6.45, 7) is 4.82. The van der Waals surface area contributed by atoms with Gasteiger partial charge in [0, 0.05) is 27.5 Å². The van der Waals surface area contributed by atoms with Crippen molar-refractivity contribution in [3.05, 3.63) is 192 Å². The Bertz CT molecular complexity index is 2830. The van der Waals surface area contributed by atoms with E-state index in [-0.39, 0.29) is 10.8 Å². The SMILES string of the molecule is CC1(C)c2ccc(-c3cccc(-c4cc(-c5ccc(-c6ccccc6)cc5)nc(-c5ccccc5)n4)c3)cc2-c2cc3c(cc21)-c1ccccc1C31CCCCC1. The van der Waals surface area contributed by atoms with Crippen LogP contribution in [-0.4, -0.2) is 9.97 Å². The van der Waals surface area contributed by atoms with E-state index < -0.39 is 0 Å². The molecule has 1 heterocycles. The van der Waals surface area contributed by atoms with Gasteiger partial charge >= 0.3 is 0 Å². The average molecular weight is 733 g/mol. The summed E-state index contributed by atoms with van der Waals surface area (Å²) < 4.78 is 0. The number of rotatable bonds is 5. The van der Waals surface area contributed by atoms with Gasteiger partial charge in [-0.3, -0.25) is 0 Å². The van der Waals surface area contributed by atoms with Crippen molar-refractivity contribution in [2.75, 3.05) is 0 Å². The van der Waals surface area contributed by atoms with Gasteiger partial charge in [0.05, 0.1) is 11.4 Å². The molecule has 1 spiro atoms. The minimum Gasteiger partial charge on any atom is -0.228 e. The molecule has 0 atom stereocenters. The van der Waals surface area contributed by atoms with Gasteiger partial charge in [0.2, 0.25) is 0 Å². The van der Waals surface area contributed by atoms with Gasteiger partial charge in [0.25, 0.3) is 0 Å². The smallest absolute Gasteiger partial charge is 0.160 e. The molecule has 0 amide bonds. The van der Waals surface area contributed by atoms with E-state index in [1.54, 1.807) is 11.1 Å². The largest absolute Gasteiger partial charge is 0.228 e. The third-order valence-electron chi connectivity index (χ3n) is 13.3. The Balaban J connectivity index is 1.000. The fourth-order valence-corrected chi connectivity index (χ4v) is 10.4. The van der Waals surface area contributed by atoms with Crippen molar-refractivity contribution in [1.29, 1.82) is 0 Å². The number of benzene rings is 7. The number of aromatic nitrogens is 2. The van der Waals surface area contributed by atoms with E-state index in [4.69, 9.17) is 9.97 Å². The molecule has 2 nitrogen and oxygen atoms in total. The first-order valence-electron chi connectivity index (χ1n) is 20.6. The van der Waals surface area contributed by atoms with Crippen LogP contribution in [0.4, 0.5) is 0 Å². The topological polar surface area (TPSA) is 25.8 Å². The number of nitrogens with zero attached hydrogens (tertiary/aromatic N) is 2. The fourth-order valence-electron chi connectivity index (χ4n) is 10.4. The highest BCUT2D eigenvalue weighted by Crippen LogP contribution is 2.60. The summed E-state index contributed by atoms with van der Waals surface area (Å²) in [4.78, 5) is 10.3. The van der Waals surface area contributed by atoms with E-state index in [9.17, 15) is 0 Å². The summed E-state index contributed by atoms with van der Waals surface area (Å²) in [5.41, 5.74) is 21.5. The van der Waals surface area contributed by atoms with Crippen LogP contribution >= 0.6 is 0 Å². The molecule has 1 fully saturated rings. The molecule has 0 radical (unpaired) electrons. The van der Waals surface area contributed by atoms with Crippen molar-refractivity contribution < 1.29 is 0 Å². The van der Waals surface area contributed by atoms with Crippen LogP contribution in [0, 0.1) is 0 Å². The summed E-state index contributed by atoms with van der Waals surface area (Å²) in [6.07, 6.45) is 6.43. The van der Waals surface area contributed by atoms with Gasteiger partial charge in [0.1, 0.15) is 0 Å². The van der Waals surface area contributed by atoms with Crippen molar-refractivity contribution in [2.45, 2.75) is 56.8 Å². The van der Waals surface area contributed by atoms with Crippen molar-refractivity contribution in [2.24, 2.45) is 0 Å². The van der Waals surface area contributed by atoms with E-state index >= 15 is 0 Å². The lowest BCUT2D eigenvalue weighted by Gasteiger charge is -2.36. The molecule has 3 aliphatic rings. The van der Waals surface area contributed by atoms with E-state index in [2.05, 4.69) is 178 Å². The highest BCUT2D eigenvalue weighted by Gasteiger charge is 2.46. The standard InChI is InChI=1S/C55H44N2/c1-54(2)47-28-27-41(32-44(47)46-34-50-45(33-49(46)54)43-21-10-11-22-48(43)55(50)29-12-5-13-30-55)40-19-14-20-42(31-40)52-35-51(56-53(57-52)39-17-8-4-9-18-39)38-25-23-37(24-26-38)36-15-6-3-7-16-36/h3-4,6-11,14-28,31-35H,5,12-13,29-30H2,1-2H3. The average Bonchev–Trinajstić information content (AvgIpc) is 3.66. The second-order valence-corrected chi connectivity index (χ2v) is 16.9. The van der Waals surface area contributed by atoms with E-state index in [0.717, 1.165) is 33.9 Å². The Kier molecular flexibility index (Phi) is 7.80. The van der Waals surface area contributed by atoms with E-state index in [1.807, 2.05) is 6.07 Å². The summed E-state index contributed by atoms with van der Waals surface area (Å²) in [7, 11) is 0. The minimum atomic E-state index is -0.0815. The van der Waals surface area contributed by atoms with Crippen molar-refractivity contribution in [3.63, 3.8) is 0 Å². The van der Waals surface area contributed by atoms with Crippen LogP contribution in [0.15, 0.2) is 170 Å². The second-order valence-electron chi connectivity index (χ2n) is 16.9. The lowest BCUT2D eigenvalue weighted by molar-refractivity contribution is 0.353. The molecule has 57 heavy (non-hydrogen) atoms. The Morgan fingerprint density at radius 3 is 1.67 bits per heavy atom. The molecule has 0 N–H and O–H groups in total. The van der Waals surface area contributed by atoms with Crippen LogP contribution in [0.1, 0.15) is 68.2 Å². The van der Waals surface area contributed by atoms with Gasteiger partial charge in [-0.05, 0) is 110 Å². The van der Waals surface area contributed by atoms with E-state index in [1.165, 1.54) is 87.7 Å². The lowest BCUT2D eigenvalue weighted by atomic mass is 9.67. The van der Waals surface area contributed by atoms with Crippen molar-refractivity contribution >= 4 is 0 Å². The van der Waals surface area contributed by atoms with Crippen LogP contribution < -0.4 is 0 Å². The molecule has 7 aromatic carbocycles. The van der Waals surface area contributed by atoms with Crippen LogP contribution in [0.25, 0.3) is 78.4 Å². The Morgan fingerprint density at radius 1 is 0.351 bits per heavy atom. The molecule has 2 heteroatoms. The quantitative estimate of drug-likeness (QED) is 0.176. The number of hydrogen-bond acceptors (Lipinski definition) is 2. The first kappa shape index (κ1) is 33.9. The van der Waals surface area contributed by atoms with Gasteiger partial charge in [-0.15, -0.1) is 0 Å². The lowest BCUT2D eigenvalue weighted by Crippen LogP contribution is -2.28. The Morgan fingerprint density at radius 2 is 0.895 bits per heavy atom. The summed E-state index contributed by atoms with van der Waals surface area (Å²) in [6, 6.07) is 62.2. The Labute approximate surface area is 336 Å². The maximum absolute atomic E-state index is 5.19. The Hall–Kier alpha value is -6.38. The molecule has 1 saturated carbocycles. The van der Waals surface area contributed by atoms with Gasteiger partial charge < -0.3 is 0 Å². The molecule has 11 rings (SSSR count). The summed E-state index contributed by atoms with van der Waals surface area (Å²) in [5, 5.41) is 0. The molecular formula is C55H44N2. The molecule has 274 valence electrons. The zero-order valence-electron chi connectivity index (χ0n) is 32.6. The first-order valence-corrected chi connectivity index (χ1v) is 20.6. The highest BCUT2D eigenvalue weighted by molar-refractivity contribution is 5.91. The minimum absolute atomic E-state index is 0.0815. The normalized spacial score (nSPS) is 15.5. The maximum atomic E-state index is 5.19. The molecule has 0 aliphatic heterocycles. The third kappa shape index (κ3) is 5.46. The van der Waals surface area contributed by atoms with Gasteiger partial charge in [-0.25, -0.2) is 9.97 Å². The predicted molar refractivity (Wildman–Crippen MR) is 236 cm³/mol. The monoisotopic (exact) mass is 732 g/mol. The zero-order valence-corrected chi connectivity index (χ0v) is 32.6. The molecule has 0 bridgehead atoms. The molecule has 8 aromatic rings. The highest BCUT2D eigenvalue weighted by atomic mass is 14.9. The molecule has 1 aromatic heterocycles.